The Morgan fingerprint density at radius 2 is 1.88 bits per heavy atom. The normalized spacial score (nSPS) is 20.5. The molecule has 2 saturated carbocycles. The van der Waals surface area contributed by atoms with Gasteiger partial charge in [0.25, 0.3) is 0 Å². The van der Waals surface area contributed by atoms with Gasteiger partial charge in [0.2, 0.25) is 5.91 Å². The topological polar surface area (TPSA) is 118 Å². The molecule has 1 atom stereocenters. The number of aromatic amines is 2. The number of H-pyrrole nitrogens is 2. The summed E-state index contributed by atoms with van der Waals surface area (Å²) in [6.45, 7) is 3.95. The summed E-state index contributed by atoms with van der Waals surface area (Å²) in [4.78, 5) is 36.1. The second kappa shape index (κ2) is 14.6. The third-order valence-electron chi connectivity index (χ3n) is 10.3. The zero-order valence-electron chi connectivity index (χ0n) is 27.9. The van der Waals surface area contributed by atoms with Crippen LogP contribution in [0.15, 0.2) is 59.7 Å². The molecule has 3 aliphatic heterocycles. The zero-order chi connectivity index (χ0) is 34.9. The van der Waals surface area contributed by atoms with Gasteiger partial charge in [-0.15, -0.1) is 0 Å². The van der Waals surface area contributed by atoms with Gasteiger partial charge in [-0.2, -0.15) is 5.26 Å². The molecule has 2 aromatic carbocycles. The number of likely N-dealkylation sites (tertiary alicyclic amines) is 1. The van der Waals surface area contributed by atoms with Gasteiger partial charge in [0, 0.05) is 82.7 Å². The number of carbonyl (C=O) groups excluding carboxylic acids is 1. The number of nitrogens with one attached hydrogen (secondary N) is 3. The van der Waals surface area contributed by atoms with Crippen LogP contribution in [0.3, 0.4) is 0 Å². The Morgan fingerprint density at radius 3 is 2.50 bits per heavy atom. The Labute approximate surface area is 300 Å². The fraction of sp³-hybridized carbons (Fsp3) is 0.385. The fourth-order valence-corrected chi connectivity index (χ4v) is 7.84. The number of aryl methyl sites for hydroxylation is 2. The Hall–Kier alpha value is -4.23. The number of aromatic nitrogens is 3. The largest absolute Gasteiger partial charge is 0.367 e. The Morgan fingerprint density at radius 1 is 1.10 bits per heavy atom. The minimum Gasteiger partial charge on any atom is -0.367 e. The lowest BCUT2D eigenvalue weighted by atomic mass is 9.87. The summed E-state index contributed by atoms with van der Waals surface area (Å²) in [5.74, 6) is 1.01. The van der Waals surface area contributed by atoms with Gasteiger partial charge in [0.15, 0.2) is 11.2 Å². The van der Waals surface area contributed by atoms with Crippen LogP contribution in [0.2, 0.25) is 10.0 Å². The van der Waals surface area contributed by atoms with Crippen molar-refractivity contribution in [3.05, 3.63) is 97.9 Å². The summed E-state index contributed by atoms with van der Waals surface area (Å²) >= 11 is 12.8. The van der Waals surface area contributed by atoms with Crippen LogP contribution in [0.5, 0.6) is 0 Å². The van der Waals surface area contributed by atoms with E-state index in [1.807, 2.05) is 17.9 Å². The van der Waals surface area contributed by atoms with Crippen LogP contribution in [-0.2, 0) is 11.2 Å². The first kappa shape index (κ1) is 34.2. The van der Waals surface area contributed by atoms with Crippen molar-refractivity contribution in [1.82, 2.24) is 25.2 Å². The molecule has 1 unspecified atom stereocenters. The first-order valence-electron chi connectivity index (χ1n) is 17.4. The quantitative estimate of drug-likeness (QED) is 0.169. The Kier molecular flexibility index (Phi) is 9.96. The monoisotopic (exact) mass is 712 g/mol. The summed E-state index contributed by atoms with van der Waals surface area (Å²) in [6, 6.07) is 15.1. The lowest BCUT2D eigenvalue weighted by Crippen LogP contribution is -2.31. The average Bonchev–Trinajstić information content (AvgIpc) is 3.50. The van der Waals surface area contributed by atoms with E-state index in [0.717, 1.165) is 60.8 Å². The number of fused-ring (bicyclic) bond motifs is 4. The van der Waals surface area contributed by atoms with Gasteiger partial charge >= 0.3 is 0 Å². The standard InChI is InChI=1S/C29H25Cl2FN4O.C5H5NO.C5H9N/c1-15-19-14-22(23-8-4-12-36(23)29(37)16-9-10-16)35-27(19)20-13-17(5-3-11-33)24(26(32)28(20)34-15)18-6-2-7-21(30)25(18)31;7-5-1-3-6-4-2-5;1-4-2-5(1)6-3-4/h2,6-7,13-14,16,23,35H,3-5,8-10,12H2,1H3;1-4H,(H,6,7);4-6H,1-3H2. The maximum atomic E-state index is 16.3. The third kappa shape index (κ3) is 6.89. The molecule has 50 heavy (non-hydrogen) atoms. The van der Waals surface area contributed by atoms with E-state index in [0.29, 0.717) is 39.2 Å². The van der Waals surface area contributed by atoms with Crippen molar-refractivity contribution < 1.29 is 9.18 Å². The van der Waals surface area contributed by atoms with E-state index >= 15 is 4.39 Å². The molecule has 5 aliphatic rings. The molecule has 10 rings (SSSR count). The highest BCUT2D eigenvalue weighted by molar-refractivity contribution is 6.43. The summed E-state index contributed by atoms with van der Waals surface area (Å²) in [6.07, 6.45) is 10.6. The number of nitriles is 1. The summed E-state index contributed by atoms with van der Waals surface area (Å²) in [7, 11) is 0. The minimum atomic E-state index is -0.484. The van der Waals surface area contributed by atoms with E-state index in [1.165, 1.54) is 31.5 Å². The predicted octanol–water partition coefficient (Wildman–Crippen LogP) is 8.41. The third-order valence-corrected chi connectivity index (χ3v) is 11.1. The van der Waals surface area contributed by atoms with Crippen molar-refractivity contribution in [3.8, 4) is 17.2 Å². The first-order chi connectivity index (χ1) is 24.2. The number of pyridine rings is 2. The van der Waals surface area contributed by atoms with E-state index in [-0.39, 0.29) is 40.3 Å². The molecule has 258 valence electrons. The van der Waals surface area contributed by atoms with E-state index in [1.54, 1.807) is 30.6 Å². The molecule has 0 radical (unpaired) electrons. The van der Waals surface area contributed by atoms with Gasteiger partial charge in [-0.3, -0.25) is 9.59 Å². The van der Waals surface area contributed by atoms with Crippen LogP contribution < -0.4 is 10.7 Å². The minimum absolute atomic E-state index is 0.0117. The van der Waals surface area contributed by atoms with Gasteiger partial charge in [-0.1, -0.05) is 35.3 Å². The molecule has 5 fully saturated rings. The highest BCUT2D eigenvalue weighted by atomic mass is 35.5. The maximum absolute atomic E-state index is 16.3. The molecule has 5 aromatic rings. The smallest absolute Gasteiger partial charge is 0.226 e. The number of rotatable bonds is 5. The number of nitrogens with zero attached hydrogens (tertiary/aromatic N) is 3. The molecule has 8 nitrogen and oxygen atoms in total. The highest BCUT2D eigenvalue weighted by Gasteiger charge is 2.39. The average molecular weight is 714 g/mol. The van der Waals surface area contributed by atoms with E-state index < -0.39 is 5.82 Å². The number of carbonyl (C=O) groups is 1. The van der Waals surface area contributed by atoms with Crippen molar-refractivity contribution in [1.29, 1.82) is 5.26 Å². The number of amides is 1. The van der Waals surface area contributed by atoms with Crippen LogP contribution in [0.4, 0.5) is 4.39 Å². The van der Waals surface area contributed by atoms with Gasteiger partial charge in [-0.05, 0) is 88.1 Å². The predicted molar refractivity (Wildman–Crippen MR) is 196 cm³/mol. The molecule has 2 aliphatic carbocycles. The number of hydrogen-bond acceptors (Lipinski definition) is 5. The lowest BCUT2D eigenvalue weighted by Gasteiger charge is -2.24. The van der Waals surface area contributed by atoms with Crippen LogP contribution in [-0.4, -0.2) is 44.9 Å². The molecular weight excluding hydrogens is 674 g/mol. The molecule has 0 spiro atoms. The molecule has 3 aromatic heterocycles. The SMILES string of the molecule is C1NC2CC1C2.Cc1nc2c(F)c(-c3cccc(Cl)c3Cl)c(CCC#N)cc2c2[nH]c(C3CCCN3C(=O)C3CC3)cc12.O=c1cc[nH]cc1. The summed E-state index contributed by atoms with van der Waals surface area (Å²) in [5.41, 5.74) is 4.21. The van der Waals surface area contributed by atoms with Crippen LogP contribution in [0, 0.1) is 35.9 Å². The first-order valence-corrected chi connectivity index (χ1v) is 18.1. The fourth-order valence-electron chi connectivity index (χ4n) is 7.44. The lowest BCUT2D eigenvalue weighted by molar-refractivity contribution is -0.133. The zero-order valence-corrected chi connectivity index (χ0v) is 29.4. The molecular formula is C39H39Cl2FN6O2. The Bertz CT molecular complexity index is 2130. The van der Waals surface area contributed by atoms with Crippen molar-refractivity contribution in [2.24, 2.45) is 11.8 Å². The van der Waals surface area contributed by atoms with Crippen molar-refractivity contribution >= 4 is 50.9 Å². The maximum Gasteiger partial charge on any atom is 0.226 e. The number of benzene rings is 2. The van der Waals surface area contributed by atoms with Crippen LogP contribution >= 0.6 is 23.2 Å². The number of halogens is 3. The molecule has 3 saturated heterocycles. The van der Waals surface area contributed by atoms with E-state index in [4.69, 9.17) is 23.2 Å². The van der Waals surface area contributed by atoms with Crippen molar-refractivity contribution in [3.63, 3.8) is 0 Å². The van der Waals surface area contributed by atoms with Gasteiger partial charge < -0.3 is 20.2 Å². The van der Waals surface area contributed by atoms with Gasteiger partial charge in [-0.25, -0.2) is 9.37 Å². The molecule has 11 heteroatoms. The van der Waals surface area contributed by atoms with Crippen LogP contribution in [0.1, 0.15) is 67.9 Å². The molecule has 1 amide bonds. The molecule has 2 bridgehead atoms. The van der Waals surface area contributed by atoms with Crippen molar-refractivity contribution in [2.75, 3.05) is 13.1 Å². The molecule has 6 heterocycles. The van der Waals surface area contributed by atoms with E-state index in [9.17, 15) is 14.9 Å². The highest BCUT2D eigenvalue weighted by Crippen LogP contribution is 2.43. The number of hydrogen-bond donors (Lipinski definition) is 3. The molecule has 3 N–H and O–H groups in total. The summed E-state index contributed by atoms with van der Waals surface area (Å²) < 4.78 is 16.3. The second-order valence-corrected chi connectivity index (χ2v) is 14.5. The van der Waals surface area contributed by atoms with Crippen molar-refractivity contribution in [2.45, 2.75) is 70.4 Å². The van der Waals surface area contributed by atoms with E-state index in [2.05, 4.69) is 32.4 Å². The summed E-state index contributed by atoms with van der Waals surface area (Å²) in [5, 5.41) is 14.8. The van der Waals surface area contributed by atoms with Crippen LogP contribution in [0.25, 0.3) is 32.9 Å². The van der Waals surface area contributed by atoms with Gasteiger partial charge in [0.1, 0.15) is 5.52 Å². The Balaban J connectivity index is 0.000000249. The second-order valence-electron chi connectivity index (χ2n) is 13.7. The van der Waals surface area contributed by atoms with Gasteiger partial charge in [0.05, 0.1) is 27.7 Å².